The molecule has 1 rings (SSSR count). The summed E-state index contributed by atoms with van der Waals surface area (Å²) in [5.74, 6) is 0. The van der Waals surface area contributed by atoms with Gasteiger partial charge in [0.05, 0.1) is 0 Å². The second-order valence-electron chi connectivity index (χ2n) is 4.30. The molecule has 0 aromatic carbocycles. The minimum Gasteiger partial charge on any atom is -0.402 e. The molecule has 0 amide bonds. The van der Waals surface area contributed by atoms with Gasteiger partial charge in [0.2, 0.25) is 0 Å². The van der Waals surface area contributed by atoms with Gasteiger partial charge in [-0.25, -0.2) is 0 Å². The summed E-state index contributed by atoms with van der Waals surface area (Å²) in [5, 5.41) is 0. The lowest BCUT2D eigenvalue weighted by molar-refractivity contribution is 0.634. The quantitative estimate of drug-likeness (QED) is 0.704. The molecule has 2 N–H and O–H groups in total. The fourth-order valence-corrected chi connectivity index (χ4v) is 2.23. The minimum absolute atomic E-state index is 0.953. The maximum Gasteiger partial charge on any atom is 0.0393 e. The van der Waals surface area contributed by atoms with E-state index < -0.39 is 0 Å². The van der Waals surface area contributed by atoms with Gasteiger partial charge in [-0.3, -0.25) is 4.99 Å². The van der Waals surface area contributed by atoms with Gasteiger partial charge in [-0.05, 0) is 37.7 Å². The topological polar surface area (TPSA) is 38.4 Å². The summed E-state index contributed by atoms with van der Waals surface area (Å²) in [6.07, 6.45) is 9.81. The Morgan fingerprint density at radius 1 is 1.13 bits per heavy atom. The molecule has 2 heteroatoms. The molecule has 1 aliphatic carbocycles. The molecule has 1 aliphatic rings. The van der Waals surface area contributed by atoms with Crippen LogP contribution in [0.15, 0.2) is 16.3 Å². The van der Waals surface area contributed by atoms with E-state index in [2.05, 4.69) is 11.9 Å². The third-order valence-corrected chi connectivity index (χ3v) is 3.23. The molecule has 0 radical (unpaired) electrons. The Morgan fingerprint density at radius 2 is 1.73 bits per heavy atom. The normalized spacial score (nSPS) is 25.6. The van der Waals surface area contributed by atoms with Crippen molar-refractivity contribution in [3.63, 3.8) is 0 Å². The lowest BCUT2D eigenvalue weighted by atomic mass is 9.98. The van der Waals surface area contributed by atoms with Gasteiger partial charge in [0.15, 0.2) is 0 Å². The zero-order valence-corrected chi connectivity index (χ0v) is 10.2. The van der Waals surface area contributed by atoms with Crippen molar-refractivity contribution in [2.75, 3.05) is 7.05 Å². The Labute approximate surface area is 93.7 Å². The van der Waals surface area contributed by atoms with Crippen LogP contribution >= 0.6 is 0 Å². The summed E-state index contributed by atoms with van der Waals surface area (Å²) in [6.45, 7) is 2.13. The van der Waals surface area contributed by atoms with Crippen LogP contribution in [0.5, 0.6) is 0 Å². The Balaban J connectivity index is 2.84. The third-order valence-electron chi connectivity index (χ3n) is 3.23. The van der Waals surface area contributed by atoms with Crippen LogP contribution in [-0.2, 0) is 0 Å². The van der Waals surface area contributed by atoms with Crippen molar-refractivity contribution < 1.29 is 0 Å². The van der Waals surface area contributed by atoms with Crippen molar-refractivity contribution in [3.05, 3.63) is 11.3 Å². The number of hydrogen-bond acceptors (Lipinski definition) is 2. The Kier molecular flexibility index (Phi) is 5.44. The second-order valence-corrected chi connectivity index (χ2v) is 4.30. The summed E-state index contributed by atoms with van der Waals surface area (Å²) < 4.78 is 0. The maximum atomic E-state index is 6.08. The molecule has 0 aromatic rings. The van der Waals surface area contributed by atoms with Gasteiger partial charge in [-0.1, -0.05) is 26.2 Å². The summed E-state index contributed by atoms with van der Waals surface area (Å²) in [5.41, 5.74) is 9.75. The zero-order chi connectivity index (χ0) is 11.1. The molecule has 0 atom stereocenters. The molecule has 1 saturated carbocycles. The van der Waals surface area contributed by atoms with E-state index in [4.69, 9.17) is 5.73 Å². The average molecular weight is 208 g/mol. The van der Waals surface area contributed by atoms with E-state index >= 15 is 0 Å². The van der Waals surface area contributed by atoms with Crippen LogP contribution in [0.3, 0.4) is 0 Å². The van der Waals surface area contributed by atoms with Gasteiger partial charge in [0.25, 0.3) is 0 Å². The molecule has 0 aliphatic heterocycles. The predicted molar refractivity (Wildman–Crippen MR) is 67.2 cm³/mol. The summed E-state index contributed by atoms with van der Waals surface area (Å²) in [7, 11) is 1.90. The Hall–Kier alpha value is -0.790. The largest absolute Gasteiger partial charge is 0.402 e. The Bertz CT molecular complexity index is 251. The number of hydrogen-bond donors (Lipinski definition) is 1. The van der Waals surface area contributed by atoms with Crippen LogP contribution in [0.25, 0.3) is 0 Å². The highest BCUT2D eigenvalue weighted by Gasteiger charge is 2.11. The number of rotatable bonds is 1. The highest BCUT2D eigenvalue weighted by molar-refractivity contribution is 6.00. The highest BCUT2D eigenvalue weighted by Crippen LogP contribution is 2.21. The van der Waals surface area contributed by atoms with Crippen LogP contribution in [0.4, 0.5) is 0 Å². The summed E-state index contributed by atoms with van der Waals surface area (Å²) >= 11 is 0. The molecule has 0 spiro atoms. The molecule has 0 heterocycles. The molecule has 1 fully saturated rings. The van der Waals surface area contributed by atoms with E-state index in [-0.39, 0.29) is 0 Å². The van der Waals surface area contributed by atoms with E-state index in [1.54, 1.807) is 0 Å². The van der Waals surface area contributed by atoms with Crippen molar-refractivity contribution >= 4 is 5.71 Å². The van der Waals surface area contributed by atoms with E-state index in [0.717, 1.165) is 25.0 Å². The van der Waals surface area contributed by atoms with Crippen molar-refractivity contribution in [2.45, 2.75) is 58.3 Å². The standard InChI is InChI=1S/C13H24N2/c1-3-12(14)11-9-7-5-4-6-8-10-13(11)15-2/h3-10,14H2,1-2H3/b12-11+,15-13?. The molecular formula is C13H24N2. The van der Waals surface area contributed by atoms with Gasteiger partial charge in [-0.2, -0.15) is 0 Å². The number of nitrogens with two attached hydrogens (primary N) is 1. The second kappa shape index (κ2) is 6.65. The Morgan fingerprint density at radius 3 is 2.33 bits per heavy atom. The fraction of sp³-hybridized carbons (Fsp3) is 0.769. The number of nitrogens with zero attached hydrogens (tertiary/aromatic N) is 1. The summed E-state index contributed by atoms with van der Waals surface area (Å²) in [6, 6.07) is 0. The highest BCUT2D eigenvalue weighted by atomic mass is 14.7. The first-order chi connectivity index (χ1) is 7.29. The number of aliphatic imine (C=N–C) groups is 1. The van der Waals surface area contributed by atoms with Gasteiger partial charge >= 0.3 is 0 Å². The molecule has 0 saturated heterocycles. The zero-order valence-electron chi connectivity index (χ0n) is 10.2. The van der Waals surface area contributed by atoms with Gasteiger partial charge in [0, 0.05) is 18.5 Å². The van der Waals surface area contributed by atoms with Gasteiger partial charge < -0.3 is 5.73 Å². The van der Waals surface area contributed by atoms with E-state index in [1.165, 1.54) is 43.4 Å². The van der Waals surface area contributed by atoms with Gasteiger partial charge in [-0.15, -0.1) is 0 Å². The van der Waals surface area contributed by atoms with E-state index in [9.17, 15) is 0 Å². The molecular weight excluding hydrogens is 184 g/mol. The lowest BCUT2D eigenvalue weighted by Crippen LogP contribution is -2.11. The van der Waals surface area contributed by atoms with Crippen LogP contribution < -0.4 is 5.73 Å². The van der Waals surface area contributed by atoms with Crippen LogP contribution in [0.1, 0.15) is 58.3 Å². The number of allylic oxidation sites excluding steroid dienone is 2. The predicted octanol–water partition coefficient (Wildman–Crippen LogP) is 3.42. The van der Waals surface area contributed by atoms with Crippen molar-refractivity contribution in [2.24, 2.45) is 10.7 Å². The SMILES string of the molecule is CC/C(N)=C1/CCCCCCCC1=NC. The third kappa shape index (κ3) is 3.69. The van der Waals surface area contributed by atoms with Crippen LogP contribution in [-0.4, -0.2) is 12.8 Å². The van der Waals surface area contributed by atoms with Crippen molar-refractivity contribution in [1.82, 2.24) is 0 Å². The van der Waals surface area contributed by atoms with Crippen molar-refractivity contribution in [1.29, 1.82) is 0 Å². The lowest BCUT2D eigenvalue weighted by Gasteiger charge is -2.12. The molecule has 0 bridgehead atoms. The molecule has 15 heavy (non-hydrogen) atoms. The summed E-state index contributed by atoms with van der Waals surface area (Å²) in [4.78, 5) is 4.42. The fourth-order valence-electron chi connectivity index (χ4n) is 2.23. The molecule has 2 nitrogen and oxygen atoms in total. The average Bonchev–Trinajstić information content (AvgIpc) is 2.38. The van der Waals surface area contributed by atoms with Gasteiger partial charge in [0.1, 0.15) is 0 Å². The molecule has 86 valence electrons. The monoisotopic (exact) mass is 208 g/mol. The van der Waals surface area contributed by atoms with Crippen LogP contribution in [0.2, 0.25) is 0 Å². The first-order valence-corrected chi connectivity index (χ1v) is 6.23. The van der Waals surface area contributed by atoms with Crippen LogP contribution in [0, 0.1) is 0 Å². The molecule has 0 aromatic heterocycles. The van der Waals surface area contributed by atoms with Crippen molar-refractivity contribution in [3.8, 4) is 0 Å². The first kappa shape index (κ1) is 12.3. The van der Waals surface area contributed by atoms with E-state index in [1.807, 2.05) is 7.05 Å². The smallest absolute Gasteiger partial charge is 0.0393 e. The minimum atomic E-state index is 0.953. The first-order valence-electron chi connectivity index (χ1n) is 6.23. The molecule has 0 unspecified atom stereocenters. The van der Waals surface area contributed by atoms with E-state index in [0.29, 0.717) is 0 Å². The maximum absolute atomic E-state index is 6.08.